The summed E-state index contributed by atoms with van der Waals surface area (Å²) in [6.07, 6.45) is 11.7. The fraction of sp³-hybridized carbons (Fsp3) is 0.636. The number of unbranched alkanes of at least 4 members (excludes halogenated alkanes) is 4. The van der Waals surface area contributed by atoms with Gasteiger partial charge in [0.15, 0.2) is 0 Å². The lowest BCUT2D eigenvalue weighted by molar-refractivity contribution is -0.118. The van der Waals surface area contributed by atoms with Crippen molar-refractivity contribution in [2.45, 2.75) is 45.1 Å². The summed E-state index contributed by atoms with van der Waals surface area (Å²) in [5, 5.41) is 0. The lowest BCUT2D eigenvalue weighted by atomic mass is 10.1. The van der Waals surface area contributed by atoms with E-state index < -0.39 is 0 Å². The van der Waals surface area contributed by atoms with Crippen molar-refractivity contribution in [3.05, 3.63) is 18.7 Å². The molecule has 0 spiro atoms. The molecule has 0 atom stereocenters. The van der Waals surface area contributed by atoms with E-state index in [0.717, 1.165) is 19.4 Å². The van der Waals surface area contributed by atoms with Gasteiger partial charge in [-0.2, -0.15) is 0 Å². The molecule has 4 heteroatoms. The van der Waals surface area contributed by atoms with E-state index in [-0.39, 0.29) is 5.91 Å². The minimum atomic E-state index is -0.187. The van der Waals surface area contributed by atoms with Crippen LogP contribution in [0.4, 0.5) is 0 Å². The third-order valence-corrected chi connectivity index (χ3v) is 2.40. The van der Waals surface area contributed by atoms with Gasteiger partial charge in [0, 0.05) is 25.4 Å². The summed E-state index contributed by atoms with van der Waals surface area (Å²) in [4.78, 5) is 14.4. The number of primary amides is 1. The predicted molar refractivity (Wildman–Crippen MR) is 59.1 cm³/mol. The van der Waals surface area contributed by atoms with Gasteiger partial charge in [0.05, 0.1) is 6.33 Å². The van der Waals surface area contributed by atoms with E-state index >= 15 is 0 Å². The second kappa shape index (κ2) is 7.04. The minimum absolute atomic E-state index is 0.187. The Morgan fingerprint density at radius 2 is 1.93 bits per heavy atom. The van der Waals surface area contributed by atoms with Crippen molar-refractivity contribution in [1.82, 2.24) is 9.55 Å². The van der Waals surface area contributed by atoms with Crippen molar-refractivity contribution in [3.8, 4) is 0 Å². The number of carbonyl (C=O) groups excluding carboxylic acids is 1. The molecule has 0 unspecified atom stereocenters. The van der Waals surface area contributed by atoms with Gasteiger partial charge >= 0.3 is 0 Å². The van der Waals surface area contributed by atoms with Crippen LogP contribution in [0.3, 0.4) is 0 Å². The Morgan fingerprint density at radius 3 is 2.60 bits per heavy atom. The summed E-state index contributed by atoms with van der Waals surface area (Å²) in [7, 11) is 0. The number of hydrogen-bond donors (Lipinski definition) is 1. The van der Waals surface area contributed by atoms with Crippen LogP contribution < -0.4 is 5.73 Å². The first kappa shape index (κ1) is 11.8. The molecule has 0 aliphatic carbocycles. The van der Waals surface area contributed by atoms with Crippen molar-refractivity contribution in [1.29, 1.82) is 0 Å². The SMILES string of the molecule is NC(=O)CCCCCCCn1ccnc1. The Morgan fingerprint density at radius 1 is 1.20 bits per heavy atom. The van der Waals surface area contributed by atoms with E-state index in [2.05, 4.69) is 9.55 Å². The molecule has 15 heavy (non-hydrogen) atoms. The molecule has 2 N–H and O–H groups in total. The van der Waals surface area contributed by atoms with Gasteiger partial charge in [0.2, 0.25) is 5.91 Å². The zero-order valence-electron chi connectivity index (χ0n) is 9.06. The largest absolute Gasteiger partial charge is 0.370 e. The molecule has 84 valence electrons. The van der Waals surface area contributed by atoms with Crippen LogP contribution in [0.1, 0.15) is 38.5 Å². The normalized spacial score (nSPS) is 10.4. The first-order chi connectivity index (χ1) is 7.29. The van der Waals surface area contributed by atoms with Gasteiger partial charge in [-0.3, -0.25) is 4.79 Å². The average Bonchev–Trinajstić information content (AvgIpc) is 2.68. The zero-order chi connectivity index (χ0) is 10.9. The number of nitrogens with zero attached hydrogens (tertiary/aromatic N) is 2. The number of amides is 1. The first-order valence-electron chi connectivity index (χ1n) is 5.53. The fourth-order valence-corrected chi connectivity index (χ4v) is 1.54. The van der Waals surface area contributed by atoms with Crippen molar-refractivity contribution < 1.29 is 4.79 Å². The Bertz CT molecular complexity index is 269. The molecular weight excluding hydrogens is 190 g/mol. The lowest BCUT2D eigenvalue weighted by Crippen LogP contribution is -2.09. The summed E-state index contributed by atoms with van der Waals surface area (Å²) >= 11 is 0. The maximum Gasteiger partial charge on any atom is 0.217 e. The highest BCUT2D eigenvalue weighted by Gasteiger charge is 1.95. The summed E-state index contributed by atoms with van der Waals surface area (Å²) in [6.45, 7) is 1.04. The molecule has 0 saturated carbocycles. The van der Waals surface area contributed by atoms with Gasteiger partial charge in [-0.05, 0) is 12.8 Å². The Labute approximate surface area is 90.5 Å². The van der Waals surface area contributed by atoms with Crippen molar-refractivity contribution >= 4 is 5.91 Å². The van der Waals surface area contributed by atoms with Crippen molar-refractivity contribution in [3.63, 3.8) is 0 Å². The van der Waals surface area contributed by atoms with Crippen LogP contribution in [0.5, 0.6) is 0 Å². The molecule has 1 rings (SSSR count). The van der Waals surface area contributed by atoms with Crippen LogP contribution in [0, 0.1) is 0 Å². The minimum Gasteiger partial charge on any atom is -0.370 e. The summed E-state index contributed by atoms with van der Waals surface area (Å²) in [5.74, 6) is -0.187. The lowest BCUT2D eigenvalue weighted by Gasteiger charge is -2.01. The monoisotopic (exact) mass is 209 g/mol. The molecule has 4 nitrogen and oxygen atoms in total. The first-order valence-corrected chi connectivity index (χ1v) is 5.53. The van der Waals surface area contributed by atoms with Crippen LogP contribution in [0.2, 0.25) is 0 Å². The molecule has 1 aromatic rings. The summed E-state index contributed by atoms with van der Waals surface area (Å²) in [5.41, 5.74) is 5.05. The highest BCUT2D eigenvalue weighted by molar-refractivity contribution is 5.73. The van der Waals surface area contributed by atoms with Crippen molar-refractivity contribution in [2.24, 2.45) is 5.73 Å². The van der Waals surface area contributed by atoms with E-state index in [1.54, 1.807) is 6.20 Å². The zero-order valence-corrected chi connectivity index (χ0v) is 9.06. The van der Waals surface area contributed by atoms with E-state index in [1.807, 2.05) is 12.5 Å². The van der Waals surface area contributed by atoms with Gasteiger partial charge in [0.1, 0.15) is 0 Å². The molecule has 1 heterocycles. The molecule has 0 aromatic carbocycles. The standard InChI is InChI=1S/C11H19N3O/c12-11(15)6-4-2-1-3-5-8-14-9-7-13-10-14/h7,9-10H,1-6,8H2,(H2,12,15). The Balaban J connectivity index is 1.87. The molecule has 1 amide bonds. The maximum atomic E-state index is 10.5. The molecule has 0 radical (unpaired) electrons. The van der Waals surface area contributed by atoms with Gasteiger partial charge in [-0.25, -0.2) is 4.98 Å². The molecule has 0 fully saturated rings. The van der Waals surface area contributed by atoms with Gasteiger partial charge in [0.25, 0.3) is 0 Å². The van der Waals surface area contributed by atoms with Gasteiger partial charge in [-0.15, -0.1) is 0 Å². The molecule has 0 aliphatic rings. The number of nitrogens with two attached hydrogens (primary N) is 1. The summed E-state index contributed by atoms with van der Waals surface area (Å²) in [6, 6.07) is 0. The van der Waals surface area contributed by atoms with Crippen molar-refractivity contribution in [2.75, 3.05) is 0 Å². The fourth-order valence-electron chi connectivity index (χ4n) is 1.54. The van der Waals surface area contributed by atoms with Gasteiger partial charge < -0.3 is 10.3 Å². The predicted octanol–water partition coefficient (Wildman–Crippen LogP) is 1.71. The third kappa shape index (κ3) is 5.88. The van der Waals surface area contributed by atoms with Crippen LogP contribution >= 0.6 is 0 Å². The molecule has 1 aromatic heterocycles. The van der Waals surface area contributed by atoms with Crippen LogP contribution in [-0.2, 0) is 11.3 Å². The topological polar surface area (TPSA) is 60.9 Å². The van der Waals surface area contributed by atoms with Crippen LogP contribution in [0.15, 0.2) is 18.7 Å². The smallest absolute Gasteiger partial charge is 0.217 e. The number of imidazole rings is 1. The quantitative estimate of drug-likeness (QED) is 0.662. The number of rotatable bonds is 8. The maximum absolute atomic E-state index is 10.5. The van der Waals surface area contributed by atoms with E-state index in [1.165, 1.54) is 19.3 Å². The Hall–Kier alpha value is -1.32. The molecular formula is C11H19N3O. The molecule has 0 aliphatic heterocycles. The molecule has 0 bridgehead atoms. The number of carbonyl (C=O) groups is 1. The van der Waals surface area contributed by atoms with E-state index in [9.17, 15) is 4.79 Å². The Kier molecular flexibility index (Phi) is 5.51. The second-order valence-corrected chi connectivity index (χ2v) is 3.78. The number of aromatic nitrogens is 2. The van der Waals surface area contributed by atoms with Crippen LogP contribution in [0.25, 0.3) is 0 Å². The average molecular weight is 209 g/mol. The number of aryl methyl sites for hydroxylation is 1. The highest BCUT2D eigenvalue weighted by atomic mass is 16.1. The third-order valence-electron chi connectivity index (χ3n) is 2.40. The van der Waals surface area contributed by atoms with E-state index in [0.29, 0.717) is 6.42 Å². The second-order valence-electron chi connectivity index (χ2n) is 3.78. The van der Waals surface area contributed by atoms with Crippen LogP contribution in [-0.4, -0.2) is 15.5 Å². The molecule has 0 saturated heterocycles. The summed E-state index contributed by atoms with van der Waals surface area (Å²) < 4.78 is 2.09. The van der Waals surface area contributed by atoms with Gasteiger partial charge in [-0.1, -0.05) is 19.3 Å². The highest BCUT2D eigenvalue weighted by Crippen LogP contribution is 2.06. The van der Waals surface area contributed by atoms with E-state index in [4.69, 9.17) is 5.73 Å². The number of hydrogen-bond acceptors (Lipinski definition) is 2.